The normalized spacial score (nSPS) is 56.8. The zero-order valence-electron chi connectivity index (χ0n) is 8.44. The zero-order chi connectivity index (χ0) is 13.7. The van der Waals surface area contributed by atoms with Crippen LogP contribution in [-0.4, -0.2) is 30.6 Å². The smallest absolute Gasteiger partial charge is 0.162 e. The first-order valence-corrected chi connectivity index (χ1v) is 7.82. The van der Waals surface area contributed by atoms with Gasteiger partial charge < -0.3 is 0 Å². The molecular weight excluding hydrogens is 384 g/mol. The van der Waals surface area contributed by atoms with E-state index in [0.29, 0.717) is 0 Å². The van der Waals surface area contributed by atoms with Gasteiger partial charge in [-0.2, -0.15) is 0 Å². The van der Waals surface area contributed by atoms with Crippen LogP contribution in [0.5, 0.6) is 0 Å². The summed E-state index contributed by atoms with van der Waals surface area (Å²) in [4.78, 5) is 9.23. The maximum atomic E-state index is 12.0. The molecule has 0 aromatic carbocycles. The fourth-order valence-corrected chi connectivity index (χ4v) is 7.17. The van der Waals surface area contributed by atoms with Gasteiger partial charge in [0.1, 0.15) is 9.75 Å². The highest BCUT2D eigenvalue weighted by Gasteiger charge is 2.88. The molecule has 0 spiro atoms. The lowest BCUT2D eigenvalue weighted by Crippen LogP contribution is -2.50. The van der Waals surface area contributed by atoms with Crippen LogP contribution < -0.4 is 0 Å². The Labute approximate surface area is 139 Å². The van der Waals surface area contributed by atoms with Crippen molar-refractivity contribution in [3.8, 4) is 0 Å². The lowest BCUT2D eigenvalue weighted by molar-refractivity contribution is -0.119. The van der Waals surface area contributed by atoms with Gasteiger partial charge in [-0.05, 0) is 6.08 Å². The van der Waals surface area contributed by atoms with Crippen LogP contribution in [0.4, 0.5) is 0 Å². The Morgan fingerprint density at radius 2 is 1.39 bits per heavy atom. The van der Waals surface area contributed by atoms with Gasteiger partial charge in [-0.1, -0.05) is 34.8 Å². The van der Waals surface area contributed by atoms with Crippen LogP contribution in [0.2, 0.25) is 0 Å². The predicted molar refractivity (Wildman–Crippen MR) is 76.8 cm³/mol. The van der Waals surface area contributed by atoms with E-state index in [4.69, 9.17) is 81.2 Å². The largest absolute Gasteiger partial charge is 0.294 e. The van der Waals surface area contributed by atoms with Gasteiger partial charge in [-0.25, -0.2) is 0 Å². The topological polar surface area (TPSA) is 17.1 Å². The number of ketones is 1. The lowest BCUT2D eigenvalue weighted by Gasteiger charge is -2.38. The fraction of sp³-hybridized carbons (Fsp3) is 0.700. The molecule has 2 bridgehead atoms. The number of alkyl halides is 6. The molecule has 6 atom stereocenters. The summed E-state index contributed by atoms with van der Waals surface area (Å²) in [6, 6.07) is 0. The summed E-state index contributed by atoms with van der Waals surface area (Å²) < 4.78 is -1.64. The molecule has 2 fully saturated rings. The molecule has 3 rings (SSSR count). The molecular formula is C10H5Cl7O. The first kappa shape index (κ1) is 14.4. The molecule has 18 heavy (non-hydrogen) atoms. The predicted octanol–water partition coefficient (Wildman–Crippen LogP) is 4.30. The van der Waals surface area contributed by atoms with Gasteiger partial charge in [0.05, 0.1) is 16.7 Å². The molecule has 100 valence electrons. The van der Waals surface area contributed by atoms with Crippen LogP contribution in [0.1, 0.15) is 0 Å². The number of halogens is 7. The van der Waals surface area contributed by atoms with Crippen molar-refractivity contribution in [2.75, 3.05) is 0 Å². The number of fused-ring (bicyclic) bond motifs is 5. The van der Waals surface area contributed by atoms with Gasteiger partial charge in [-0.3, -0.25) is 4.79 Å². The van der Waals surface area contributed by atoms with E-state index in [9.17, 15) is 4.79 Å². The standard InChI is InChI=1S/C10H5Cl7O/c11-2-1-3(18)5-4(2)8(14)6(12)7(13)9(5,15)10(8,16)17/h1,4-7H/t4-,5+,6-,7+,8-,9+/m1/s1. The average molecular weight is 389 g/mol. The van der Waals surface area contributed by atoms with E-state index < -0.39 is 36.7 Å². The van der Waals surface area contributed by atoms with Crippen molar-refractivity contribution in [2.45, 2.75) is 24.8 Å². The number of carbonyl (C=O) groups is 1. The van der Waals surface area contributed by atoms with Crippen LogP contribution in [0.25, 0.3) is 0 Å². The van der Waals surface area contributed by atoms with Gasteiger partial charge in [0, 0.05) is 11.0 Å². The molecule has 0 aromatic rings. The quantitative estimate of drug-likeness (QED) is 0.565. The van der Waals surface area contributed by atoms with Crippen molar-refractivity contribution in [1.82, 2.24) is 0 Å². The second kappa shape index (κ2) is 3.80. The summed E-state index contributed by atoms with van der Waals surface area (Å²) in [6.45, 7) is 0. The maximum absolute atomic E-state index is 12.0. The Balaban J connectivity index is 2.30. The second-order valence-corrected chi connectivity index (χ2v) is 8.76. The Hall–Kier alpha value is 1.44. The van der Waals surface area contributed by atoms with Crippen molar-refractivity contribution in [3.05, 3.63) is 11.1 Å². The highest BCUT2D eigenvalue weighted by atomic mass is 35.5. The van der Waals surface area contributed by atoms with Crippen molar-refractivity contribution in [3.63, 3.8) is 0 Å². The van der Waals surface area contributed by atoms with Crippen molar-refractivity contribution in [1.29, 1.82) is 0 Å². The number of hydrogen-bond acceptors (Lipinski definition) is 1. The SMILES string of the molecule is O=C1C=C(Cl)[C@@H]2[C@H]1[C@]1(Cl)[C@@H](Cl)[C@@H](Cl)[C@@]2(Cl)C1(Cl)Cl. The Morgan fingerprint density at radius 3 is 1.89 bits per heavy atom. The van der Waals surface area contributed by atoms with Crippen LogP contribution >= 0.6 is 81.2 Å². The first-order valence-electron chi connectivity index (χ1n) is 5.06. The van der Waals surface area contributed by atoms with E-state index in [0.717, 1.165) is 0 Å². The van der Waals surface area contributed by atoms with Crippen LogP contribution in [0.15, 0.2) is 11.1 Å². The van der Waals surface area contributed by atoms with E-state index in [1.165, 1.54) is 6.08 Å². The van der Waals surface area contributed by atoms with Gasteiger partial charge in [-0.15, -0.1) is 46.4 Å². The van der Waals surface area contributed by atoms with Gasteiger partial charge >= 0.3 is 0 Å². The maximum Gasteiger partial charge on any atom is 0.162 e. The van der Waals surface area contributed by atoms with E-state index in [1.54, 1.807) is 0 Å². The van der Waals surface area contributed by atoms with Crippen molar-refractivity contribution >= 4 is 87.0 Å². The third-order valence-corrected chi connectivity index (χ3v) is 9.18. The molecule has 8 heteroatoms. The highest BCUT2D eigenvalue weighted by molar-refractivity contribution is 6.63. The van der Waals surface area contributed by atoms with E-state index in [1.807, 2.05) is 0 Å². The molecule has 1 nitrogen and oxygen atoms in total. The molecule has 0 aromatic heterocycles. The Bertz CT molecular complexity index is 489. The lowest BCUT2D eigenvalue weighted by atomic mass is 9.79. The summed E-state index contributed by atoms with van der Waals surface area (Å²) in [5.41, 5.74) is 0. The van der Waals surface area contributed by atoms with Crippen LogP contribution in [0, 0.1) is 11.8 Å². The molecule has 0 unspecified atom stereocenters. The van der Waals surface area contributed by atoms with Crippen molar-refractivity contribution < 1.29 is 4.79 Å². The summed E-state index contributed by atoms with van der Waals surface area (Å²) in [5, 5.41) is -1.33. The van der Waals surface area contributed by atoms with Crippen molar-refractivity contribution in [2.24, 2.45) is 11.8 Å². The van der Waals surface area contributed by atoms with Crippen LogP contribution in [0.3, 0.4) is 0 Å². The number of rotatable bonds is 0. The second-order valence-electron chi connectivity index (χ2n) is 4.80. The fourth-order valence-electron chi connectivity index (χ4n) is 3.33. The molecule has 0 radical (unpaired) electrons. The minimum Gasteiger partial charge on any atom is -0.294 e. The van der Waals surface area contributed by atoms with Crippen LogP contribution in [-0.2, 0) is 4.79 Å². The first-order chi connectivity index (χ1) is 8.11. The summed E-state index contributed by atoms with van der Waals surface area (Å²) in [6.07, 6.45) is 1.30. The summed E-state index contributed by atoms with van der Waals surface area (Å²) in [7, 11) is 0. The molecule has 3 aliphatic carbocycles. The molecule has 2 saturated carbocycles. The Morgan fingerprint density at radius 1 is 0.944 bits per heavy atom. The van der Waals surface area contributed by atoms with E-state index in [2.05, 4.69) is 0 Å². The molecule has 0 heterocycles. The third-order valence-electron chi connectivity index (χ3n) is 4.14. The summed E-state index contributed by atoms with van der Waals surface area (Å²) in [5.74, 6) is -1.60. The number of carbonyl (C=O) groups excluding carboxylic acids is 1. The highest BCUT2D eigenvalue weighted by Crippen LogP contribution is 2.77. The van der Waals surface area contributed by atoms with Gasteiger partial charge in [0.2, 0.25) is 0 Å². The minimum absolute atomic E-state index is 0.262. The monoisotopic (exact) mass is 386 g/mol. The zero-order valence-corrected chi connectivity index (χ0v) is 13.7. The summed E-state index contributed by atoms with van der Waals surface area (Å²) >= 11 is 44.2. The molecule has 0 amide bonds. The number of hydrogen-bond donors (Lipinski definition) is 0. The van der Waals surface area contributed by atoms with E-state index >= 15 is 0 Å². The molecule has 0 aliphatic heterocycles. The molecule has 3 aliphatic rings. The average Bonchev–Trinajstić information content (AvgIpc) is 2.68. The molecule has 0 saturated heterocycles. The minimum atomic E-state index is -1.64. The van der Waals surface area contributed by atoms with E-state index in [-0.39, 0.29) is 10.8 Å². The number of allylic oxidation sites excluding steroid dienone is 2. The Kier molecular flexibility index (Phi) is 3.03. The van der Waals surface area contributed by atoms with Gasteiger partial charge in [0.15, 0.2) is 10.1 Å². The van der Waals surface area contributed by atoms with Gasteiger partial charge in [0.25, 0.3) is 0 Å². The third kappa shape index (κ3) is 1.17. The molecule has 0 N–H and O–H groups in total.